The van der Waals surface area contributed by atoms with Gasteiger partial charge in [-0.3, -0.25) is 0 Å². The summed E-state index contributed by atoms with van der Waals surface area (Å²) >= 11 is 0. The fourth-order valence-corrected chi connectivity index (χ4v) is 2.30. The van der Waals surface area contributed by atoms with E-state index in [1.165, 1.54) is 6.07 Å². The molecule has 0 spiro atoms. The lowest BCUT2D eigenvalue weighted by molar-refractivity contribution is 0.195. The van der Waals surface area contributed by atoms with Gasteiger partial charge in [0.25, 0.3) is 0 Å². The van der Waals surface area contributed by atoms with Crippen LogP contribution >= 0.6 is 0 Å². The minimum Gasteiger partial charge on any atom is -0.491 e. The zero-order valence-corrected chi connectivity index (χ0v) is 13.1. The fraction of sp³-hybridized carbons (Fsp3) is 0.333. The van der Waals surface area contributed by atoms with Crippen LogP contribution in [-0.4, -0.2) is 36.6 Å². The van der Waals surface area contributed by atoms with E-state index in [-0.39, 0.29) is 32.2 Å². The highest BCUT2D eigenvalue weighted by atomic mass is 19.1. The minimum atomic E-state index is -0.437. The van der Waals surface area contributed by atoms with E-state index >= 15 is 0 Å². The summed E-state index contributed by atoms with van der Waals surface area (Å²) in [5.41, 5.74) is 2.38. The smallest absolute Gasteiger partial charge is 0.165 e. The van der Waals surface area contributed by atoms with Crippen molar-refractivity contribution in [3.8, 4) is 22.6 Å². The number of aliphatic hydroxyl groups is 2. The lowest BCUT2D eigenvalue weighted by Gasteiger charge is -2.13. The molecule has 5 heteroatoms. The summed E-state index contributed by atoms with van der Waals surface area (Å²) in [6.07, 6.45) is 0.628. The predicted octanol–water partition coefficient (Wildman–Crippen LogP) is 2.80. The van der Waals surface area contributed by atoms with E-state index in [0.717, 1.165) is 16.7 Å². The van der Waals surface area contributed by atoms with Gasteiger partial charge in [0.05, 0.1) is 13.2 Å². The van der Waals surface area contributed by atoms with E-state index in [0.29, 0.717) is 12.2 Å². The number of halogens is 1. The normalized spacial score (nSPS) is 10.6. The van der Waals surface area contributed by atoms with E-state index < -0.39 is 5.82 Å². The molecule has 0 radical (unpaired) electrons. The Labute approximate surface area is 135 Å². The molecule has 23 heavy (non-hydrogen) atoms. The standard InChI is InChI=1S/C18H21FO4/c1-2-13-11-15(12-17(19)18(13)23-10-8-21)14-3-5-16(6-4-14)22-9-7-20/h3-6,11-12,20-21H,2,7-10H2,1H3. The number of aryl methyl sites for hydroxylation is 1. The van der Waals surface area contributed by atoms with Crippen molar-refractivity contribution in [1.29, 1.82) is 0 Å². The summed E-state index contributed by atoms with van der Waals surface area (Å²) < 4.78 is 24.9. The van der Waals surface area contributed by atoms with Gasteiger partial charge in [0, 0.05) is 0 Å². The highest BCUT2D eigenvalue weighted by Crippen LogP contribution is 2.31. The van der Waals surface area contributed by atoms with Crippen molar-refractivity contribution in [2.45, 2.75) is 13.3 Å². The Morgan fingerprint density at radius 3 is 2.17 bits per heavy atom. The molecule has 0 saturated heterocycles. The number of ether oxygens (including phenoxy) is 2. The van der Waals surface area contributed by atoms with E-state index in [9.17, 15) is 4.39 Å². The van der Waals surface area contributed by atoms with Crippen molar-refractivity contribution in [2.24, 2.45) is 0 Å². The molecule has 0 heterocycles. The van der Waals surface area contributed by atoms with Crippen molar-refractivity contribution in [3.63, 3.8) is 0 Å². The fourth-order valence-electron chi connectivity index (χ4n) is 2.30. The van der Waals surface area contributed by atoms with Crippen molar-refractivity contribution >= 4 is 0 Å². The Morgan fingerprint density at radius 2 is 1.57 bits per heavy atom. The van der Waals surface area contributed by atoms with Gasteiger partial charge >= 0.3 is 0 Å². The molecule has 0 aromatic heterocycles. The van der Waals surface area contributed by atoms with Gasteiger partial charge < -0.3 is 19.7 Å². The maximum atomic E-state index is 14.3. The molecule has 2 aromatic carbocycles. The Bertz CT molecular complexity index is 626. The maximum Gasteiger partial charge on any atom is 0.165 e. The van der Waals surface area contributed by atoms with Gasteiger partial charge in [-0.15, -0.1) is 0 Å². The zero-order valence-electron chi connectivity index (χ0n) is 13.1. The summed E-state index contributed by atoms with van der Waals surface area (Å²) in [6.45, 7) is 2.04. The van der Waals surface area contributed by atoms with Crippen molar-refractivity contribution in [3.05, 3.63) is 47.8 Å². The molecule has 2 aromatic rings. The second-order valence-electron chi connectivity index (χ2n) is 4.97. The number of hydrogen-bond donors (Lipinski definition) is 2. The summed E-state index contributed by atoms with van der Waals surface area (Å²) in [4.78, 5) is 0. The third kappa shape index (κ3) is 4.43. The van der Waals surface area contributed by atoms with Gasteiger partial charge in [0.15, 0.2) is 11.6 Å². The molecule has 124 valence electrons. The Balaban J connectivity index is 2.27. The molecule has 0 fully saturated rings. The third-order valence-corrected chi connectivity index (χ3v) is 3.39. The lowest BCUT2D eigenvalue weighted by Crippen LogP contribution is -2.06. The van der Waals surface area contributed by atoms with Crippen LogP contribution in [0.2, 0.25) is 0 Å². The van der Waals surface area contributed by atoms with Gasteiger partial charge in [0.2, 0.25) is 0 Å². The molecule has 0 atom stereocenters. The second-order valence-corrected chi connectivity index (χ2v) is 4.97. The van der Waals surface area contributed by atoms with Gasteiger partial charge in [-0.2, -0.15) is 0 Å². The Kier molecular flexibility index (Phi) is 6.38. The molecule has 0 aliphatic carbocycles. The Morgan fingerprint density at radius 1 is 0.913 bits per heavy atom. The number of aliphatic hydroxyl groups excluding tert-OH is 2. The number of hydrogen-bond acceptors (Lipinski definition) is 4. The topological polar surface area (TPSA) is 58.9 Å². The molecule has 0 aliphatic rings. The summed E-state index contributed by atoms with van der Waals surface area (Å²) in [5.74, 6) is 0.420. The summed E-state index contributed by atoms with van der Waals surface area (Å²) in [7, 11) is 0. The van der Waals surface area contributed by atoms with E-state index in [1.54, 1.807) is 12.1 Å². The van der Waals surface area contributed by atoms with Crippen LogP contribution in [0.1, 0.15) is 12.5 Å². The van der Waals surface area contributed by atoms with Crippen LogP contribution in [0.15, 0.2) is 36.4 Å². The van der Waals surface area contributed by atoms with Gasteiger partial charge in [0.1, 0.15) is 19.0 Å². The number of benzene rings is 2. The monoisotopic (exact) mass is 320 g/mol. The molecule has 2 N–H and O–H groups in total. The highest BCUT2D eigenvalue weighted by Gasteiger charge is 2.12. The molecule has 0 saturated carbocycles. The third-order valence-electron chi connectivity index (χ3n) is 3.39. The first-order valence-electron chi connectivity index (χ1n) is 7.59. The first kappa shape index (κ1) is 17.2. The molecule has 0 unspecified atom stereocenters. The lowest BCUT2D eigenvalue weighted by atomic mass is 10.0. The van der Waals surface area contributed by atoms with Gasteiger partial charge in [-0.1, -0.05) is 19.1 Å². The van der Waals surface area contributed by atoms with E-state index in [1.807, 2.05) is 25.1 Å². The van der Waals surface area contributed by atoms with E-state index in [4.69, 9.17) is 19.7 Å². The predicted molar refractivity (Wildman–Crippen MR) is 86.4 cm³/mol. The summed E-state index contributed by atoms with van der Waals surface area (Å²) in [6, 6.07) is 10.6. The quantitative estimate of drug-likeness (QED) is 0.785. The zero-order chi connectivity index (χ0) is 16.7. The van der Waals surface area contributed by atoms with Crippen LogP contribution in [-0.2, 0) is 6.42 Å². The first-order valence-corrected chi connectivity index (χ1v) is 7.59. The van der Waals surface area contributed by atoms with Gasteiger partial charge in [-0.25, -0.2) is 4.39 Å². The molecule has 0 aliphatic heterocycles. The van der Waals surface area contributed by atoms with Crippen molar-refractivity contribution in [1.82, 2.24) is 0 Å². The maximum absolute atomic E-state index is 14.3. The molecule has 2 rings (SSSR count). The molecule has 4 nitrogen and oxygen atoms in total. The Hall–Kier alpha value is -2.11. The molecule has 0 bridgehead atoms. The minimum absolute atomic E-state index is 0.0396. The van der Waals surface area contributed by atoms with Crippen LogP contribution in [0.4, 0.5) is 4.39 Å². The van der Waals surface area contributed by atoms with Crippen molar-refractivity contribution in [2.75, 3.05) is 26.4 Å². The largest absolute Gasteiger partial charge is 0.491 e. The van der Waals surface area contributed by atoms with Crippen LogP contribution < -0.4 is 9.47 Å². The van der Waals surface area contributed by atoms with Crippen LogP contribution in [0.3, 0.4) is 0 Å². The SMILES string of the molecule is CCc1cc(-c2ccc(OCCO)cc2)cc(F)c1OCCO. The molecular formula is C18H21FO4. The van der Waals surface area contributed by atoms with Gasteiger partial charge in [-0.05, 0) is 47.4 Å². The summed E-state index contributed by atoms with van der Waals surface area (Å²) in [5, 5.41) is 17.6. The molecular weight excluding hydrogens is 299 g/mol. The van der Waals surface area contributed by atoms with Crippen molar-refractivity contribution < 1.29 is 24.1 Å². The molecule has 0 amide bonds. The average molecular weight is 320 g/mol. The average Bonchev–Trinajstić information content (AvgIpc) is 2.58. The number of rotatable bonds is 8. The van der Waals surface area contributed by atoms with Crippen LogP contribution in [0, 0.1) is 5.82 Å². The second kappa shape index (κ2) is 8.50. The first-order chi connectivity index (χ1) is 11.2. The van der Waals surface area contributed by atoms with E-state index in [2.05, 4.69) is 0 Å². The highest BCUT2D eigenvalue weighted by molar-refractivity contribution is 5.66. The van der Waals surface area contributed by atoms with Crippen LogP contribution in [0.5, 0.6) is 11.5 Å². The van der Waals surface area contributed by atoms with Crippen LogP contribution in [0.25, 0.3) is 11.1 Å².